The molecule has 2 aromatic rings. The molecule has 0 saturated heterocycles. The smallest absolute Gasteiger partial charge is 0.251 e. The zero-order valence-electron chi connectivity index (χ0n) is 13.1. The van der Waals surface area contributed by atoms with Crippen molar-refractivity contribution in [3.8, 4) is 0 Å². The van der Waals surface area contributed by atoms with E-state index >= 15 is 0 Å². The van der Waals surface area contributed by atoms with Crippen LogP contribution in [-0.2, 0) is 4.79 Å². The molecule has 116 valence electrons. The van der Waals surface area contributed by atoms with Crippen molar-refractivity contribution < 1.29 is 4.79 Å². The molecule has 1 aromatic heterocycles. The average molecular weight is 319 g/mol. The molecule has 1 unspecified atom stereocenters. The van der Waals surface area contributed by atoms with Crippen molar-refractivity contribution in [2.24, 2.45) is 0 Å². The second-order valence-electron chi connectivity index (χ2n) is 5.53. The van der Waals surface area contributed by atoms with Gasteiger partial charge in [0.1, 0.15) is 6.04 Å². The van der Waals surface area contributed by atoms with Crippen LogP contribution in [0.25, 0.3) is 0 Å². The van der Waals surface area contributed by atoms with Gasteiger partial charge in [-0.05, 0) is 44.9 Å². The minimum atomic E-state index is -0.647. The summed E-state index contributed by atoms with van der Waals surface area (Å²) in [6.07, 6.45) is 1.48. The zero-order chi connectivity index (χ0) is 16.4. The maximum absolute atomic E-state index is 12.5. The minimum Gasteiger partial charge on any atom is -0.324 e. The van der Waals surface area contributed by atoms with Gasteiger partial charge in [-0.3, -0.25) is 9.59 Å². The van der Waals surface area contributed by atoms with Gasteiger partial charge in [-0.25, -0.2) is 0 Å². The third kappa shape index (κ3) is 3.39. The van der Waals surface area contributed by atoms with Gasteiger partial charge in [0.15, 0.2) is 0 Å². The summed E-state index contributed by atoms with van der Waals surface area (Å²) in [6, 6.07) is 6.25. The summed E-state index contributed by atoms with van der Waals surface area (Å²) in [5.74, 6) is -0.251. The normalized spacial score (nSPS) is 12.0. The summed E-state index contributed by atoms with van der Waals surface area (Å²) in [7, 11) is 0. The van der Waals surface area contributed by atoms with Crippen LogP contribution in [0.1, 0.15) is 29.7 Å². The quantitative estimate of drug-likeness (QED) is 0.939. The largest absolute Gasteiger partial charge is 0.324 e. The molecule has 5 heteroatoms. The van der Waals surface area contributed by atoms with Gasteiger partial charge in [0.05, 0.1) is 5.02 Å². The van der Waals surface area contributed by atoms with E-state index in [1.54, 1.807) is 6.92 Å². The van der Waals surface area contributed by atoms with Crippen molar-refractivity contribution in [1.82, 2.24) is 4.57 Å². The van der Waals surface area contributed by atoms with E-state index in [0.29, 0.717) is 5.02 Å². The molecule has 1 aromatic carbocycles. The van der Waals surface area contributed by atoms with Gasteiger partial charge in [-0.15, -0.1) is 0 Å². The van der Waals surface area contributed by atoms with Gasteiger partial charge >= 0.3 is 0 Å². The van der Waals surface area contributed by atoms with Crippen molar-refractivity contribution in [1.29, 1.82) is 0 Å². The van der Waals surface area contributed by atoms with Crippen molar-refractivity contribution >= 4 is 23.2 Å². The minimum absolute atomic E-state index is 0.251. The molecular weight excluding hydrogens is 300 g/mol. The van der Waals surface area contributed by atoms with E-state index in [1.807, 2.05) is 32.9 Å². The number of amides is 1. The highest BCUT2D eigenvalue weighted by atomic mass is 35.5. The van der Waals surface area contributed by atoms with Crippen LogP contribution in [0.4, 0.5) is 5.69 Å². The number of pyridine rings is 1. The topological polar surface area (TPSA) is 51.1 Å². The Kier molecular flexibility index (Phi) is 4.71. The fraction of sp³-hybridized carbons (Fsp3) is 0.294. The summed E-state index contributed by atoms with van der Waals surface area (Å²) < 4.78 is 1.33. The van der Waals surface area contributed by atoms with Gasteiger partial charge in [0, 0.05) is 18.0 Å². The first-order chi connectivity index (χ1) is 10.3. The highest BCUT2D eigenvalue weighted by Gasteiger charge is 2.18. The standard InChI is InChI=1S/C17H19ClN2O2/c1-10-7-11(2)16(12(3)8-10)19-17(22)13(4)20-9-14(18)5-6-15(20)21/h5-9,13H,1-4H3,(H,19,22). The Morgan fingerprint density at radius 2 is 1.77 bits per heavy atom. The molecule has 0 aliphatic carbocycles. The lowest BCUT2D eigenvalue weighted by atomic mass is 10.0. The van der Waals surface area contributed by atoms with Crippen LogP contribution >= 0.6 is 11.6 Å². The number of anilines is 1. The van der Waals surface area contributed by atoms with Crippen molar-refractivity contribution in [2.45, 2.75) is 33.7 Å². The fourth-order valence-electron chi connectivity index (χ4n) is 2.51. The molecule has 0 radical (unpaired) electrons. The number of halogens is 1. The molecule has 2 rings (SSSR count). The molecule has 0 saturated carbocycles. The number of carbonyl (C=O) groups is 1. The zero-order valence-corrected chi connectivity index (χ0v) is 13.9. The van der Waals surface area contributed by atoms with E-state index < -0.39 is 6.04 Å². The molecule has 0 fully saturated rings. The maximum atomic E-state index is 12.5. The van der Waals surface area contributed by atoms with Crippen molar-refractivity contribution in [2.75, 3.05) is 5.32 Å². The predicted molar refractivity (Wildman–Crippen MR) is 89.7 cm³/mol. The van der Waals surface area contributed by atoms with E-state index in [1.165, 1.54) is 22.9 Å². The molecule has 0 aliphatic rings. The van der Waals surface area contributed by atoms with Crippen LogP contribution in [0, 0.1) is 20.8 Å². The number of aryl methyl sites for hydroxylation is 3. The number of hydrogen-bond donors (Lipinski definition) is 1. The summed E-state index contributed by atoms with van der Waals surface area (Å²) in [6.45, 7) is 7.59. The summed E-state index contributed by atoms with van der Waals surface area (Å²) >= 11 is 5.90. The highest BCUT2D eigenvalue weighted by molar-refractivity contribution is 6.30. The van der Waals surface area contributed by atoms with Gasteiger partial charge in [0.2, 0.25) is 5.91 Å². The van der Waals surface area contributed by atoms with Crippen molar-refractivity contribution in [3.63, 3.8) is 0 Å². The Bertz CT molecular complexity index is 757. The number of hydrogen-bond acceptors (Lipinski definition) is 2. The first-order valence-electron chi connectivity index (χ1n) is 7.06. The van der Waals surface area contributed by atoms with Gasteiger partial charge in [-0.2, -0.15) is 0 Å². The third-order valence-electron chi connectivity index (χ3n) is 3.62. The molecule has 1 heterocycles. The SMILES string of the molecule is Cc1cc(C)c(NC(=O)C(C)n2cc(Cl)ccc2=O)c(C)c1. The molecule has 1 atom stereocenters. The Morgan fingerprint density at radius 3 is 2.36 bits per heavy atom. The monoisotopic (exact) mass is 318 g/mol. The molecule has 0 spiro atoms. The molecular formula is C17H19ClN2O2. The van der Waals surface area contributed by atoms with Crippen LogP contribution < -0.4 is 10.9 Å². The van der Waals surface area contributed by atoms with Gasteiger partial charge in [-0.1, -0.05) is 29.3 Å². The van der Waals surface area contributed by atoms with E-state index in [4.69, 9.17) is 11.6 Å². The van der Waals surface area contributed by atoms with E-state index in [9.17, 15) is 9.59 Å². The van der Waals surface area contributed by atoms with E-state index in [2.05, 4.69) is 5.32 Å². The first-order valence-corrected chi connectivity index (χ1v) is 7.44. The Balaban J connectivity index is 2.30. The lowest BCUT2D eigenvalue weighted by molar-refractivity contribution is -0.118. The van der Waals surface area contributed by atoms with Gasteiger partial charge in [0.25, 0.3) is 5.56 Å². The molecule has 4 nitrogen and oxygen atoms in total. The van der Waals surface area contributed by atoms with Crippen molar-refractivity contribution in [3.05, 3.63) is 62.5 Å². The summed E-state index contributed by atoms with van der Waals surface area (Å²) in [5, 5.41) is 3.33. The molecule has 0 aliphatic heterocycles. The second kappa shape index (κ2) is 6.36. The van der Waals surface area contributed by atoms with Crippen LogP contribution in [0.5, 0.6) is 0 Å². The lowest BCUT2D eigenvalue weighted by Gasteiger charge is -2.18. The molecule has 22 heavy (non-hydrogen) atoms. The van der Waals surface area contributed by atoms with Gasteiger partial charge < -0.3 is 9.88 Å². The summed E-state index contributed by atoms with van der Waals surface area (Å²) in [5.41, 5.74) is 3.67. The number of nitrogens with zero attached hydrogens (tertiary/aromatic N) is 1. The first kappa shape index (κ1) is 16.3. The lowest BCUT2D eigenvalue weighted by Crippen LogP contribution is -2.31. The highest BCUT2D eigenvalue weighted by Crippen LogP contribution is 2.23. The molecule has 0 bridgehead atoms. The van der Waals surface area contributed by atoms with Crippen LogP contribution in [0.2, 0.25) is 5.02 Å². The van der Waals surface area contributed by atoms with E-state index in [0.717, 1.165) is 22.4 Å². The number of nitrogens with one attached hydrogen (secondary N) is 1. The second-order valence-corrected chi connectivity index (χ2v) is 5.97. The maximum Gasteiger partial charge on any atom is 0.251 e. The molecule has 1 N–H and O–H groups in total. The van der Waals surface area contributed by atoms with E-state index in [-0.39, 0.29) is 11.5 Å². The Labute approximate surface area is 134 Å². The fourth-order valence-corrected chi connectivity index (χ4v) is 2.68. The number of aromatic nitrogens is 1. The number of carbonyl (C=O) groups excluding carboxylic acids is 1. The predicted octanol–water partition coefficient (Wildman–Crippen LogP) is 3.63. The Morgan fingerprint density at radius 1 is 1.18 bits per heavy atom. The van der Waals surface area contributed by atoms with Crippen LogP contribution in [0.3, 0.4) is 0 Å². The van der Waals surface area contributed by atoms with Crippen LogP contribution in [-0.4, -0.2) is 10.5 Å². The third-order valence-corrected chi connectivity index (χ3v) is 3.85. The number of rotatable bonds is 3. The molecule has 1 amide bonds. The number of benzene rings is 1. The summed E-state index contributed by atoms with van der Waals surface area (Å²) in [4.78, 5) is 24.3. The average Bonchev–Trinajstić information content (AvgIpc) is 2.44. The van der Waals surface area contributed by atoms with Crippen LogP contribution in [0.15, 0.2) is 35.3 Å². The Hall–Kier alpha value is -2.07.